The van der Waals surface area contributed by atoms with Crippen molar-refractivity contribution in [3.8, 4) is 0 Å². The Balaban J connectivity index is 2.96. The van der Waals surface area contributed by atoms with Crippen molar-refractivity contribution in [3.63, 3.8) is 0 Å². The molecule has 5 heteroatoms. The maximum Gasteiger partial charge on any atom is 0.230 e. The highest BCUT2D eigenvalue weighted by Crippen LogP contribution is 2.05. The van der Waals surface area contributed by atoms with E-state index in [4.69, 9.17) is 0 Å². The summed E-state index contributed by atoms with van der Waals surface area (Å²) in [6.07, 6.45) is 0. The van der Waals surface area contributed by atoms with E-state index in [2.05, 4.69) is 14.8 Å². The van der Waals surface area contributed by atoms with Gasteiger partial charge >= 0.3 is 0 Å². The van der Waals surface area contributed by atoms with E-state index in [0.29, 0.717) is 0 Å². The van der Waals surface area contributed by atoms with E-state index in [1.807, 2.05) is 0 Å². The molecule has 0 aromatic carbocycles. The molecule has 1 aromatic rings. The highest BCUT2D eigenvalue weighted by Gasteiger charge is 1.88. The number of aromatic nitrogens is 2. The van der Waals surface area contributed by atoms with E-state index < -0.39 is 0 Å². The topological polar surface area (TPSA) is 55.2 Å². The Kier molecular flexibility index (Phi) is 1.08. The SMILES string of the molecule is O=Nc1csnn1. The first-order valence-electron chi connectivity index (χ1n) is 1.54. The van der Waals surface area contributed by atoms with Gasteiger partial charge < -0.3 is 0 Å². The van der Waals surface area contributed by atoms with Gasteiger partial charge in [0.2, 0.25) is 5.82 Å². The van der Waals surface area contributed by atoms with Crippen molar-refractivity contribution in [1.29, 1.82) is 0 Å². The van der Waals surface area contributed by atoms with E-state index in [-0.39, 0.29) is 5.82 Å². The average Bonchev–Trinajstić information content (AvgIpc) is 2.14. The first kappa shape index (κ1) is 4.32. The maximum absolute atomic E-state index is 9.52. The van der Waals surface area contributed by atoms with E-state index in [0.717, 1.165) is 11.5 Å². The van der Waals surface area contributed by atoms with Crippen molar-refractivity contribution in [1.82, 2.24) is 9.59 Å². The molecule has 7 heavy (non-hydrogen) atoms. The van der Waals surface area contributed by atoms with Crippen LogP contribution in [-0.4, -0.2) is 9.59 Å². The Labute approximate surface area is 43.3 Å². The van der Waals surface area contributed by atoms with Crippen molar-refractivity contribution in [2.24, 2.45) is 5.18 Å². The van der Waals surface area contributed by atoms with Crippen LogP contribution in [0.5, 0.6) is 0 Å². The second-order valence-corrected chi connectivity index (χ2v) is 1.46. The largest absolute Gasteiger partial charge is 0.230 e. The number of rotatable bonds is 1. The Morgan fingerprint density at radius 3 is 3.00 bits per heavy atom. The lowest BCUT2D eigenvalue weighted by atomic mass is 10.9. The quantitative estimate of drug-likeness (QED) is 0.511. The molecule has 0 amide bonds. The monoisotopic (exact) mass is 115 g/mol. The molecule has 0 fully saturated rings. The smallest absolute Gasteiger partial charge is 0.143 e. The fourth-order valence-corrected chi connectivity index (χ4v) is 0.562. The molecule has 36 valence electrons. The third kappa shape index (κ3) is 0.774. The average molecular weight is 115 g/mol. The van der Waals surface area contributed by atoms with Gasteiger partial charge in [0, 0.05) is 0 Å². The molecular formula is C2HN3OS. The molecular weight excluding hydrogens is 114 g/mol. The molecule has 0 aliphatic heterocycles. The van der Waals surface area contributed by atoms with E-state index in [1.54, 1.807) is 0 Å². The van der Waals surface area contributed by atoms with Crippen LogP contribution >= 0.6 is 11.5 Å². The zero-order valence-corrected chi connectivity index (χ0v) is 4.05. The lowest BCUT2D eigenvalue weighted by Gasteiger charge is -1.60. The van der Waals surface area contributed by atoms with Gasteiger partial charge in [-0.2, -0.15) is 0 Å². The van der Waals surface area contributed by atoms with Gasteiger partial charge in [-0.05, 0) is 16.7 Å². The zero-order valence-electron chi connectivity index (χ0n) is 3.24. The van der Waals surface area contributed by atoms with Gasteiger partial charge in [0.25, 0.3) is 0 Å². The van der Waals surface area contributed by atoms with Crippen LogP contribution in [-0.2, 0) is 0 Å². The summed E-state index contributed by atoms with van der Waals surface area (Å²) in [5, 5.41) is 7.32. The number of nitrogens with zero attached hydrogens (tertiary/aromatic N) is 3. The summed E-state index contributed by atoms with van der Waals surface area (Å²) < 4.78 is 3.39. The Morgan fingerprint density at radius 1 is 1.86 bits per heavy atom. The van der Waals surface area contributed by atoms with Crippen LogP contribution in [0.2, 0.25) is 0 Å². The first-order chi connectivity index (χ1) is 3.43. The van der Waals surface area contributed by atoms with Gasteiger partial charge in [-0.1, -0.05) is 4.49 Å². The minimum absolute atomic E-state index is 0.157. The molecule has 0 aliphatic carbocycles. The molecule has 0 N–H and O–H groups in total. The fourth-order valence-electron chi connectivity index (χ4n) is 0.199. The Hall–Kier alpha value is -0.840. The van der Waals surface area contributed by atoms with Crippen LogP contribution in [0.3, 0.4) is 0 Å². The normalized spacial score (nSPS) is 8.57. The van der Waals surface area contributed by atoms with Crippen LogP contribution in [0, 0.1) is 4.91 Å². The van der Waals surface area contributed by atoms with Crippen molar-refractivity contribution < 1.29 is 0 Å². The zero-order chi connectivity index (χ0) is 5.11. The van der Waals surface area contributed by atoms with Crippen molar-refractivity contribution >= 4 is 17.4 Å². The molecule has 0 radical (unpaired) electrons. The van der Waals surface area contributed by atoms with Crippen molar-refractivity contribution in [2.75, 3.05) is 0 Å². The van der Waals surface area contributed by atoms with Crippen LogP contribution in [0.25, 0.3) is 0 Å². The van der Waals surface area contributed by atoms with E-state index >= 15 is 0 Å². The van der Waals surface area contributed by atoms with Gasteiger partial charge in [0.05, 0.1) is 5.38 Å². The van der Waals surface area contributed by atoms with Gasteiger partial charge in [-0.15, -0.1) is 10.0 Å². The Bertz CT molecular complexity index is 148. The molecule has 0 bridgehead atoms. The molecule has 0 spiro atoms. The summed E-state index contributed by atoms with van der Waals surface area (Å²) in [6.45, 7) is 0. The molecule has 0 saturated heterocycles. The molecule has 1 rings (SSSR count). The Morgan fingerprint density at radius 2 is 2.71 bits per heavy atom. The maximum atomic E-state index is 9.52. The van der Waals surface area contributed by atoms with Crippen molar-refractivity contribution in [2.45, 2.75) is 0 Å². The van der Waals surface area contributed by atoms with E-state index in [9.17, 15) is 4.91 Å². The second-order valence-electron chi connectivity index (χ2n) is 0.854. The molecule has 0 atom stereocenters. The lowest BCUT2D eigenvalue weighted by molar-refractivity contribution is 1.13. The first-order valence-corrected chi connectivity index (χ1v) is 2.37. The third-order valence-electron chi connectivity index (χ3n) is 0.442. The second kappa shape index (κ2) is 1.74. The standard InChI is InChI=1S/C2HN3OS/c6-4-2-1-7-5-3-2/h1H. The molecule has 4 nitrogen and oxygen atoms in total. The van der Waals surface area contributed by atoms with Crippen LogP contribution in [0.15, 0.2) is 10.6 Å². The summed E-state index contributed by atoms with van der Waals surface area (Å²) in [5.41, 5.74) is 0. The van der Waals surface area contributed by atoms with Gasteiger partial charge in [-0.25, -0.2) is 0 Å². The number of hydrogen-bond donors (Lipinski definition) is 0. The number of nitroso groups, excluding NO2 is 1. The summed E-state index contributed by atoms with van der Waals surface area (Å²) >= 11 is 1.11. The molecule has 0 saturated carbocycles. The minimum atomic E-state index is 0.157. The summed E-state index contributed by atoms with van der Waals surface area (Å²) in [6, 6.07) is 0. The van der Waals surface area contributed by atoms with Crippen molar-refractivity contribution in [3.05, 3.63) is 10.3 Å². The summed E-state index contributed by atoms with van der Waals surface area (Å²) in [5.74, 6) is 0.157. The predicted octanol–water partition coefficient (Wildman–Crippen LogP) is 0.936. The molecule has 0 unspecified atom stereocenters. The van der Waals surface area contributed by atoms with Gasteiger partial charge in [0.15, 0.2) is 0 Å². The van der Waals surface area contributed by atoms with Gasteiger partial charge in [-0.3, -0.25) is 0 Å². The fraction of sp³-hybridized carbons (Fsp3) is 0. The molecule has 1 heterocycles. The van der Waals surface area contributed by atoms with Crippen LogP contribution in [0.4, 0.5) is 5.82 Å². The predicted molar refractivity (Wildman–Crippen MR) is 25.4 cm³/mol. The van der Waals surface area contributed by atoms with Gasteiger partial charge in [0.1, 0.15) is 0 Å². The summed E-state index contributed by atoms with van der Waals surface area (Å²) in [4.78, 5) is 9.52. The number of hydrogen-bond acceptors (Lipinski definition) is 5. The lowest BCUT2D eigenvalue weighted by Crippen LogP contribution is -1.58. The minimum Gasteiger partial charge on any atom is -0.143 e. The highest BCUT2D eigenvalue weighted by atomic mass is 32.1. The summed E-state index contributed by atoms with van der Waals surface area (Å²) in [7, 11) is 0. The van der Waals surface area contributed by atoms with E-state index in [1.165, 1.54) is 5.38 Å². The molecule has 0 aliphatic rings. The highest BCUT2D eigenvalue weighted by molar-refractivity contribution is 7.03. The van der Waals surface area contributed by atoms with Crippen LogP contribution < -0.4 is 0 Å². The third-order valence-corrected chi connectivity index (χ3v) is 0.934. The molecule has 1 aromatic heterocycles. The van der Waals surface area contributed by atoms with Crippen LogP contribution in [0.1, 0.15) is 0 Å².